The molecule has 0 saturated carbocycles. The molecule has 72 valence electrons. The molecule has 1 rings (SSSR count). The molecule has 1 aromatic carbocycles. The molecule has 0 N–H and O–H groups in total. The third kappa shape index (κ3) is 3.28. The van der Waals surface area contributed by atoms with E-state index in [0.717, 1.165) is 10.0 Å². The molecule has 0 amide bonds. The summed E-state index contributed by atoms with van der Waals surface area (Å²) in [6.07, 6.45) is 5.75. The van der Waals surface area contributed by atoms with Crippen LogP contribution >= 0.6 is 31.9 Å². The van der Waals surface area contributed by atoms with Gasteiger partial charge in [-0.15, -0.1) is 0 Å². The molecule has 14 heavy (non-hydrogen) atoms. The summed E-state index contributed by atoms with van der Waals surface area (Å²) in [5.74, 6) is 0. The number of hydrogen-bond acceptors (Lipinski definition) is 0. The zero-order valence-corrected chi connectivity index (χ0v) is 10.8. The van der Waals surface area contributed by atoms with Gasteiger partial charge in [-0.1, -0.05) is 62.7 Å². The third-order valence-corrected chi connectivity index (χ3v) is 2.51. The maximum absolute atomic E-state index is 3.69. The Bertz CT molecular complexity index is 358. The summed E-state index contributed by atoms with van der Waals surface area (Å²) in [4.78, 5) is 1.84. The second-order valence-corrected chi connectivity index (χ2v) is 4.10. The van der Waals surface area contributed by atoms with Gasteiger partial charge in [0, 0.05) is 4.47 Å². The van der Waals surface area contributed by atoms with E-state index >= 15 is 0 Å². The van der Waals surface area contributed by atoms with Crippen LogP contribution in [0, 0.1) is 0 Å². The van der Waals surface area contributed by atoms with Crippen molar-refractivity contribution in [2.45, 2.75) is 0 Å². The van der Waals surface area contributed by atoms with E-state index in [2.05, 4.69) is 50.6 Å². The van der Waals surface area contributed by atoms with E-state index in [1.807, 2.05) is 29.3 Å². The first-order valence-electron chi connectivity index (χ1n) is 4.13. The molecule has 0 atom stereocenters. The van der Waals surface area contributed by atoms with Gasteiger partial charge in [-0.2, -0.15) is 0 Å². The van der Waals surface area contributed by atoms with Gasteiger partial charge < -0.3 is 0 Å². The lowest BCUT2D eigenvalue weighted by molar-refractivity contribution is 1.58. The fraction of sp³-hybridized carbons (Fsp3) is 0. The van der Waals surface area contributed by atoms with Gasteiger partial charge in [-0.25, -0.2) is 0 Å². The highest BCUT2D eigenvalue weighted by atomic mass is 79.9. The van der Waals surface area contributed by atoms with Crippen LogP contribution in [-0.4, -0.2) is 0 Å². The van der Waals surface area contributed by atoms with Crippen molar-refractivity contribution in [3.05, 3.63) is 64.1 Å². The largest absolute Gasteiger partial charge is 0.0990 e. The second-order valence-electron chi connectivity index (χ2n) is 2.66. The van der Waals surface area contributed by atoms with Crippen LogP contribution in [0.2, 0.25) is 0 Å². The monoisotopic (exact) mass is 312 g/mol. The molecule has 0 saturated heterocycles. The first-order valence-corrected chi connectivity index (χ1v) is 5.84. The molecule has 0 unspecified atom stereocenters. The van der Waals surface area contributed by atoms with Crippen molar-refractivity contribution in [2.24, 2.45) is 0 Å². The van der Waals surface area contributed by atoms with Crippen LogP contribution in [0.25, 0.3) is 5.57 Å². The fourth-order valence-electron chi connectivity index (χ4n) is 1.09. The minimum Gasteiger partial charge on any atom is -0.0990 e. The number of benzene rings is 1. The highest BCUT2D eigenvalue weighted by Gasteiger charge is 1.95. The fourth-order valence-corrected chi connectivity index (χ4v) is 1.63. The van der Waals surface area contributed by atoms with Crippen molar-refractivity contribution in [3.8, 4) is 0 Å². The Morgan fingerprint density at radius 1 is 1.21 bits per heavy atom. The smallest absolute Gasteiger partial charge is 0.0175 e. The predicted molar refractivity (Wildman–Crippen MR) is 70.4 cm³/mol. The van der Waals surface area contributed by atoms with Crippen molar-refractivity contribution in [3.63, 3.8) is 0 Å². The lowest BCUT2D eigenvalue weighted by atomic mass is 10.1. The van der Waals surface area contributed by atoms with Gasteiger partial charge in [0.15, 0.2) is 0 Å². The van der Waals surface area contributed by atoms with Gasteiger partial charge >= 0.3 is 0 Å². The van der Waals surface area contributed by atoms with Crippen LogP contribution in [0.3, 0.4) is 0 Å². The maximum Gasteiger partial charge on any atom is 0.0175 e. The quantitative estimate of drug-likeness (QED) is 0.694. The highest BCUT2D eigenvalue weighted by molar-refractivity contribution is 9.11. The molecule has 2 heteroatoms. The summed E-state index contributed by atoms with van der Waals surface area (Å²) in [6.45, 7) is 3.69. The first-order chi connectivity index (χ1) is 6.77. The predicted octanol–water partition coefficient (Wildman–Crippen LogP) is 4.93. The lowest BCUT2D eigenvalue weighted by Crippen LogP contribution is -1.79. The summed E-state index contributed by atoms with van der Waals surface area (Å²) in [7, 11) is 0. The summed E-state index contributed by atoms with van der Waals surface area (Å²) >= 11 is 6.67. The Morgan fingerprint density at radius 3 is 2.36 bits per heavy atom. The molecule has 0 heterocycles. The van der Waals surface area contributed by atoms with Crippen LogP contribution in [0.5, 0.6) is 0 Å². The van der Waals surface area contributed by atoms with E-state index < -0.39 is 0 Å². The zero-order chi connectivity index (χ0) is 10.4. The van der Waals surface area contributed by atoms with Gasteiger partial charge in [-0.3, -0.25) is 0 Å². The van der Waals surface area contributed by atoms with Crippen molar-refractivity contribution in [2.75, 3.05) is 0 Å². The Morgan fingerprint density at radius 2 is 1.86 bits per heavy atom. The summed E-state index contributed by atoms with van der Waals surface area (Å²) in [5.41, 5.74) is 2.30. The Labute approximate surface area is 101 Å². The van der Waals surface area contributed by atoms with Crippen molar-refractivity contribution < 1.29 is 0 Å². The van der Waals surface area contributed by atoms with Gasteiger partial charge in [0.2, 0.25) is 0 Å². The van der Waals surface area contributed by atoms with E-state index in [-0.39, 0.29) is 0 Å². The van der Waals surface area contributed by atoms with Crippen molar-refractivity contribution >= 4 is 37.4 Å². The number of allylic oxidation sites excluding steroid dienone is 4. The van der Waals surface area contributed by atoms with Crippen LogP contribution in [0.4, 0.5) is 0 Å². The SMILES string of the molecule is C=C/C=C(\C=C/Br)c1ccc(Br)cc1. The van der Waals surface area contributed by atoms with Gasteiger partial charge in [0.1, 0.15) is 0 Å². The number of halogens is 2. The minimum absolute atomic E-state index is 1.09. The summed E-state index contributed by atoms with van der Waals surface area (Å²) < 4.78 is 1.09. The van der Waals surface area contributed by atoms with Crippen LogP contribution in [0.1, 0.15) is 5.56 Å². The molecule has 0 spiro atoms. The minimum atomic E-state index is 1.09. The first kappa shape index (κ1) is 11.5. The molecule has 0 bridgehead atoms. The standard InChI is InChI=1S/C12H10Br2/c1-2-3-10(8-9-13)11-4-6-12(14)7-5-11/h2-9H,1H2/b9-8-,10-3+. The average Bonchev–Trinajstić information content (AvgIpc) is 2.19. The summed E-state index contributed by atoms with van der Waals surface area (Å²) in [6, 6.07) is 8.17. The number of hydrogen-bond donors (Lipinski definition) is 0. The maximum atomic E-state index is 3.69. The molecule has 0 radical (unpaired) electrons. The van der Waals surface area contributed by atoms with Crippen molar-refractivity contribution in [1.29, 1.82) is 0 Å². The van der Waals surface area contributed by atoms with E-state index in [9.17, 15) is 0 Å². The van der Waals surface area contributed by atoms with E-state index in [1.165, 1.54) is 5.56 Å². The topological polar surface area (TPSA) is 0 Å². The zero-order valence-electron chi connectivity index (χ0n) is 7.58. The van der Waals surface area contributed by atoms with Gasteiger partial charge in [0.05, 0.1) is 0 Å². The second kappa shape index (κ2) is 5.99. The molecular weight excluding hydrogens is 304 g/mol. The van der Waals surface area contributed by atoms with Gasteiger partial charge in [0.25, 0.3) is 0 Å². The average molecular weight is 314 g/mol. The molecular formula is C12H10Br2. The highest BCUT2D eigenvalue weighted by Crippen LogP contribution is 2.19. The molecule has 1 aromatic rings. The van der Waals surface area contributed by atoms with Crippen LogP contribution < -0.4 is 0 Å². The number of rotatable bonds is 3. The molecule has 0 fully saturated rings. The Balaban J connectivity index is 3.05. The summed E-state index contributed by atoms with van der Waals surface area (Å²) in [5, 5.41) is 0. The molecule has 0 aliphatic heterocycles. The molecule has 0 aliphatic carbocycles. The van der Waals surface area contributed by atoms with Crippen LogP contribution in [-0.2, 0) is 0 Å². The van der Waals surface area contributed by atoms with E-state index in [0.29, 0.717) is 0 Å². The normalized spacial score (nSPS) is 12.0. The third-order valence-electron chi connectivity index (χ3n) is 1.72. The lowest BCUT2D eigenvalue weighted by Gasteiger charge is -2.01. The van der Waals surface area contributed by atoms with Crippen LogP contribution in [0.15, 0.2) is 58.5 Å². The van der Waals surface area contributed by atoms with Gasteiger partial charge in [-0.05, 0) is 34.3 Å². The van der Waals surface area contributed by atoms with E-state index in [1.54, 1.807) is 6.08 Å². The molecule has 0 aliphatic rings. The molecule has 0 aromatic heterocycles. The Kier molecular flexibility index (Phi) is 4.91. The Hall–Kier alpha value is -0.600. The van der Waals surface area contributed by atoms with E-state index in [4.69, 9.17) is 0 Å². The van der Waals surface area contributed by atoms with Crippen molar-refractivity contribution in [1.82, 2.24) is 0 Å². The molecule has 0 nitrogen and oxygen atoms in total.